The largest absolute Gasteiger partial charge is 0.465 e. The minimum atomic E-state index is -3.33. The van der Waals surface area contributed by atoms with Gasteiger partial charge in [-0.05, 0) is 56.2 Å². The fourth-order valence-corrected chi connectivity index (χ4v) is 6.91. The molecule has 1 aromatic heterocycles. The molecule has 0 saturated heterocycles. The zero-order valence-corrected chi connectivity index (χ0v) is 35.4. The Hall–Kier alpha value is -4.36. The summed E-state index contributed by atoms with van der Waals surface area (Å²) < 4.78 is 33.0. The number of fused-ring (bicyclic) bond motifs is 1. The normalized spacial score (nSPS) is 13.5. The summed E-state index contributed by atoms with van der Waals surface area (Å²) in [4.78, 5) is 36.8. The standard InChI is InChI=1S/C43H63N7O5S/c1-8-10-11-12-13-14-15-16-17-18-19-20-27-55-39(52)29-38(51)45-34-23-21-33(22-24-34)37-30-50-42(47-37)40(41(48-50)43(4,5)6)46-36-26-25-35(28-32(36)3)49(9-2)31-44-56(7,53)54/h21-26,28,30,44H,8-20,27,29,31H2,1-7H3,(H,45,51). The molecule has 2 heterocycles. The van der Waals surface area contributed by atoms with Crippen LogP contribution in [0.25, 0.3) is 11.3 Å². The molecule has 0 bridgehead atoms. The number of sulfonamides is 1. The number of hydrogen-bond acceptors (Lipinski definition) is 9. The average Bonchev–Trinajstić information content (AvgIpc) is 3.70. The molecule has 12 nitrogen and oxygen atoms in total. The molecule has 2 aromatic carbocycles. The van der Waals surface area contributed by atoms with Crippen LogP contribution < -0.4 is 14.9 Å². The summed E-state index contributed by atoms with van der Waals surface area (Å²) in [7, 11) is -3.33. The molecular weight excluding hydrogens is 727 g/mol. The van der Waals surface area contributed by atoms with E-state index in [1.807, 2.05) is 55.3 Å². The number of unbranched alkanes of at least 4 members (excludes halogenated alkanes) is 11. The maximum Gasteiger partial charge on any atom is 0.315 e. The van der Waals surface area contributed by atoms with Crippen molar-refractivity contribution in [3.8, 4) is 11.3 Å². The molecule has 0 atom stereocenters. The zero-order valence-electron chi connectivity index (χ0n) is 34.6. The SMILES string of the molecule is CCCCCCCCCCCCCCOC(=O)CC(=O)Nc1ccc(-c2cn3c(n2)C(=Nc2ccc(N(CC)CNS(C)(=O)=O)cc2C)C(C(C)(C)C)=N3)cc1. The van der Waals surface area contributed by atoms with Crippen molar-refractivity contribution in [2.45, 2.75) is 125 Å². The van der Waals surface area contributed by atoms with Crippen molar-refractivity contribution in [1.82, 2.24) is 14.4 Å². The van der Waals surface area contributed by atoms with Gasteiger partial charge in [0.2, 0.25) is 15.9 Å². The number of nitrogens with zero attached hydrogens (tertiary/aromatic N) is 5. The number of nitrogens with one attached hydrogen (secondary N) is 2. The van der Waals surface area contributed by atoms with E-state index in [2.05, 4.69) is 37.7 Å². The summed E-state index contributed by atoms with van der Waals surface area (Å²) >= 11 is 0. The number of amides is 1. The Balaban J connectivity index is 1.29. The number of ether oxygens (including phenoxy) is 1. The third kappa shape index (κ3) is 14.0. The van der Waals surface area contributed by atoms with Gasteiger partial charge in [0.1, 0.15) is 12.1 Å². The van der Waals surface area contributed by atoms with Gasteiger partial charge in [-0.15, -0.1) is 0 Å². The first-order valence-electron chi connectivity index (χ1n) is 20.3. The molecular formula is C43H63N7O5S. The molecule has 1 amide bonds. The predicted octanol–water partition coefficient (Wildman–Crippen LogP) is 9.15. The van der Waals surface area contributed by atoms with Crippen LogP contribution in [0.5, 0.6) is 0 Å². The van der Waals surface area contributed by atoms with Crippen LogP contribution in [0.15, 0.2) is 58.8 Å². The summed E-state index contributed by atoms with van der Waals surface area (Å²) in [6.45, 7) is 13.6. The Morgan fingerprint density at radius 1 is 0.893 bits per heavy atom. The van der Waals surface area contributed by atoms with Crippen molar-refractivity contribution in [3.63, 3.8) is 0 Å². The van der Waals surface area contributed by atoms with Gasteiger partial charge in [-0.3, -0.25) is 9.59 Å². The van der Waals surface area contributed by atoms with Gasteiger partial charge in [0.25, 0.3) is 0 Å². The van der Waals surface area contributed by atoms with E-state index in [-0.39, 0.29) is 18.5 Å². The quantitative estimate of drug-likeness (QED) is 0.0422. The van der Waals surface area contributed by atoms with Crippen molar-refractivity contribution in [2.24, 2.45) is 15.5 Å². The Kier molecular flexibility index (Phi) is 16.8. The number of carbonyl (C=O) groups excluding carboxylic acids is 2. The van der Waals surface area contributed by atoms with Gasteiger partial charge < -0.3 is 15.0 Å². The molecule has 3 aromatic rings. The molecule has 2 N–H and O–H groups in total. The first-order chi connectivity index (χ1) is 26.7. The number of benzene rings is 2. The van der Waals surface area contributed by atoms with Crippen LogP contribution >= 0.6 is 0 Å². The van der Waals surface area contributed by atoms with Crippen LogP contribution in [0.2, 0.25) is 0 Å². The smallest absolute Gasteiger partial charge is 0.315 e. The summed E-state index contributed by atoms with van der Waals surface area (Å²) in [6.07, 6.45) is 17.5. The molecule has 0 unspecified atom stereocenters. The highest BCUT2D eigenvalue weighted by Crippen LogP contribution is 2.32. The van der Waals surface area contributed by atoms with Gasteiger partial charge in [-0.1, -0.05) is 110 Å². The second kappa shape index (κ2) is 21.2. The average molecular weight is 790 g/mol. The van der Waals surface area contributed by atoms with E-state index >= 15 is 0 Å². The minimum absolute atomic E-state index is 0.172. The summed E-state index contributed by atoms with van der Waals surface area (Å²) in [5.41, 5.74) is 5.87. The fourth-order valence-electron chi connectivity index (χ4n) is 6.52. The van der Waals surface area contributed by atoms with E-state index in [0.29, 0.717) is 36.1 Å². The molecule has 56 heavy (non-hydrogen) atoms. The number of aliphatic imine (C=N–C) groups is 1. The van der Waals surface area contributed by atoms with Crippen LogP contribution in [0.4, 0.5) is 17.1 Å². The number of rotatable bonds is 23. The lowest BCUT2D eigenvalue weighted by atomic mass is 9.87. The molecule has 0 radical (unpaired) electrons. The molecule has 4 rings (SSSR count). The number of aromatic nitrogens is 2. The minimum Gasteiger partial charge on any atom is -0.465 e. The lowest BCUT2D eigenvalue weighted by Crippen LogP contribution is -2.37. The van der Waals surface area contributed by atoms with E-state index in [1.54, 1.807) is 16.8 Å². The Bertz CT molecular complexity index is 1930. The highest BCUT2D eigenvalue weighted by Gasteiger charge is 2.34. The van der Waals surface area contributed by atoms with Crippen molar-refractivity contribution < 1.29 is 22.7 Å². The molecule has 1 aliphatic heterocycles. The molecule has 13 heteroatoms. The molecule has 306 valence electrons. The van der Waals surface area contributed by atoms with Crippen LogP contribution in [-0.4, -0.2) is 67.5 Å². The summed E-state index contributed by atoms with van der Waals surface area (Å²) in [5.74, 6) is -0.307. The third-order valence-corrected chi connectivity index (χ3v) is 10.4. The molecule has 0 fully saturated rings. The molecule has 1 aliphatic rings. The lowest BCUT2D eigenvalue weighted by molar-refractivity contribution is -0.145. The van der Waals surface area contributed by atoms with Crippen molar-refractivity contribution in [1.29, 1.82) is 0 Å². The number of anilines is 2. The highest BCUT2D eigenvalue weighted by atomic mass is 32.2. The number of carbonyl (C=O) groups is 2. The van der Waals surface area contributed by atoms with E-state index in [4.69, 9.17) is 19.8 Å². The topological polar surface area (TPSA) is 147 Å². The Morgan fingerprint density at radius 2 is 1.52 bits per heavy atom. The second-order valence-electron chi connectivity index (χ2n) is 15.8. The van der Waals surface area contributed by atoms with Gasteiger partial charge in [-0.25, -0.2) is 23.1 Å². The monoisotopic (exact) mass is 789 g/mol. The molecule has 0 spiro atoms. The van der Waals surface area contributed by atoms with Crippen molar-refractivity contribution in [3.05, 3.63) is 60.0 Å². The first kappa shape index (κ1) is 44.4. The van der Waals surface area contributed by atoms with Crippen LogP contribution in [0, 0.1) is 12.3 Å². The Labute approximate surface area is 334 Å². The maximum absolute atomic E-state index is 12.6. The van der Waals surface area contributed by atoms with Gasteiger partial charge in [0.15, 0.2) is 5.82 Å². The van der Waals surface area contributed by atoms with E-state index < -0.39 is 21.9 Å². The first-order valence-corrected chi connectivity index (χ1v) is 22.2. The van der Waals surface area contributed by atoms with E-state index in [9.17, 15) is 18.0 Å². The summed E-state index contributed by atoms with van der Waals surface area (Å²) in [5, 5.41) is 7.68. The molecule has 0 aliphatic carbocycles. The highest BCUT2D eigenvalue weighted by molar-refractivity contribution is 7.88. The van der Waals surface area contributed by atoms with Gasteiger partial charge >= 0.3 is 5.97 Å². The van der Waals surface area contributed by atoms with Crippen molar-refractivity contribution in [2.75, 3.05) is 36.3 Å². The summed E-state index contributed by atoms with van der Waals surface area (Å²) in [6, 6.07) is 13.2. The van der Waals surface area contributed by atoms with Crippen LogP contribution in [-0.2, 0) is 24.3 Å². The van der Waals surface area contributed by atoms with E-state index in [1.165, 1.54) is 57.8 Å². The van der Waals surface area contributed by atoms with Crippen LogP contribution in [0.1, 0.15) is 129 Å². The fraction of sp³-hybridized carbons (Fsp3) is 0.558. The number of esters is 1. The predicted molar refractivity (Wildman–Crippen MR) is 228 cm³/mol. The van der Waals surface area contributed by atoms with E-state index in [0.717, 1.165) is 53.7 Å². The second-order valence-corrected chi connectivity index (χ2v) is 17.6. The maximum atomic E-state index is 12.6. The lowest BCUT2D eigenvalue weighted by Gasteiger charge is -2.24. The number of imidazole rings is 1. The van der Waals surface area contributed by atoms with Gasteiger partial charge in [0.05, 0.1) is 42.8 Å². The Morgan fingerprint density at radius 3 is 2.09 bits per heavy atom. The molecule has 0 saturated carbocycles. The zero-order chi connectivity index (χ0) is 40.7. The third-order valence-electron chi connectivity index (χ3n) is 9.75. The number of aryl methyl sites for hydroxylation is 1. The van der Waals surface area contributed by atoms with Crippen LogP contribution in [0.3, 0.4) is 0 Å². The number of hydrogen-bond donors (Lipinski definition) is 2. The van der Waals surface area contributed by atoms with Gasteiger partial charge in [-0.2, -0.15) is 9.82 Å². The van der Waals surface area contributed by atoms with Gasteiger partial charge in [0, 0.05) is 28.9 Å². The van der Waals surface area contributed by atoms with Crippen molar-refractivity contribution >= 4 is 50.4 Å².